The SMILES string of the molecule is CNc1cc(Nc2cccc(-c3ccc(C=O)cn3)c2)nc2c(C(=O)N[C@@H]3C[C@@H]3F)cnn12. The lowest BCUT2D eigenvalue weighted by Crippen LogP contribution is -2.27. The zero-order valence-electron chi connectivity index (χ0n) is 17.6. The molecule has 2 atom stereocenters. The fourth-order valence-electron chi connectivity index (χ4n) is 3.47. The van der Waals surface area contributed by atoms with Gasteiger partial charge in [-0.15, -0.1) is 0 Å². The Labute approximate surface area is 188 Å². The fourth-order valence-corrected chi connectivity index (χ4v) is 3.47. The molecular weight excluding hydrogens is 425 g/mol. The van der Waals surface area contributed by atoms with E-state index in [1.54, 1.807) is 25.2 Å². The molecule has 0 bridgehead atoms. The van der Waals surface area contributed by atoms with Crippen molar-refractivity contribution in [2.45, 2.75) is 18.6 Å². The Morgan fingerprint density at radius 2 is 2.06 bits per heavy atom. The monoisotopic (exact) mass is 445 g/mol. The van der Waals surface area contributed by atoms with E-state index >= 15 is 0 Å². The molecule has 1 aromatic carbocycles. The molecule has 33 heavy (non-hydrogen) atoms. The summed E-state index contributed by atoms with van der Waals surface area (Å²) in [5.74, 6) is 0.713. The Hall–Kier alpha value is -4.34. The van der Waals surface area contributed by atoms with Crippen molar-refractivity contribution < 1.29 is 14.0 Å². The molecule has 1 amide bonds. The average Bonchev–Trinajstić information content (AvgIpc) is 3.35. The lowest BCUT2D eigenvalue weighted by molar-refractivity contribution is 0.0948. The Kier molecular flexibility index (Phi) is 5.17. The van der Waals surface area contributed by atoms with E-state index in [-0.39, 0.29) is 5.56 Å². The minimum atomic E-state index is -0.995. The summed E-state index contributed by atoms with van der Waals surface area (Å²) < 4.78 is 14.7. The first kappa shape index (κ1) is 20.6. The number of rotatable bonds is 7. The van der Waals surface area contributed by atoms with Crippen molar-refractivity contribution in [2.24, 2.45) is 0 Å². The number of carbonyl (C=O) groups is 2. The summed E-state index contributed by atoms with van der Waals surface area (Å²) in [6.45, 7) is 0. The van der Waals surface area contributed by atoms with Gasteiger partial charge in [-0.3, -0.25) is 14.6 Å². The van der Waals surface area contributed by atoms with Crippen LogP contribution in [0, 0.1) is 0 Å². The number of nitrogens with one attached hydrogen (secondary N) is 3. The molecule has 3 aromatic heterocycles. The summed E-state index contributed by atoms with van der Waals surface area (Å²) in [5, 5.41) is 13.2. The molecule has 166 valence electrons. The van der Waals surface area contributed by atoms with E-state index in [2.05, 4.69) is 31.0 Å². The maximum absolute atomic E-state index is 13.2. The largest absolute Gasteiger partial charge is 0.373 e. The van der Waals surface area contributed by atoms with Crippen LogP contribution < -0.4 is 16.0 Å². The van der Waals surface area contributed by atoms with Crippen LogP contribution in [0.2, 0.25) is 0 Å². The number of benzene rings is 1. The number of alkyl halides is 1. The van der Waals surface area contributed by atoms with Crippen molar-refractivity contribution in [3.63, 3.8) is 0 Å². The van der Waals surface area contributed by atoms with Gasteiger partial charge in [0.25, 0.3) is 5.91 Å². The highest BCUT2D eigenvalue weighted by molar-refractivity contribution is 6.00. The second-order valence-corrected chi connectivity index (χ2v) is 7.70. The van der Waals surface area contributed by atoms with E-state index in [0.29, 0.717) is 29.3 Å². The fraction of sp³-hybridized carbons (Fsp3) is 0.174. The van der Waals surface area contributed by atoms with E-state index in [4.69, 9.17) is 0 Å². The van der Waals surface area contributed by atoms with E-state index in [9.17, 15) is 14.0 Å². The molecule has 4 aromatic rings. The normalized spacial score (nSPS) is 16.9. The van der Waals surface area contributed by atoms with Gasteiger partial charge in [-0.05, 0) is 24.3 Å². The minimum absolute atomic E-state index is 0.266. The van der Waals surface area contributed by atoms with Crippen LogP contribution in [0.3, 0.4) is 0 Å². The quantitative estimate of drug-likeness (QED) is 0.374. The predicted molar refractivity (Wildman–Crippen MR) is 122 cm³/mol. The highest BCUT2D eigenvalue weighted by atomic mass is 19.1. The molecule has 0 saturated heterocycles. The van der Waals surface area contributed by atoms with E-state index in [1.165, 1.54) is 16.9 Å². The Morgan fingerprint density at radius 3 is 2.76 bits per heavy atom. The first-order valence-corrected chi connectivity index (χ1v) is 10.4. The van der Waals surface area contributed by atoms with Gasteiger partial charge in [0, 0.05) is 42.5 Å². The van der Waals surface area contributed by atoms with Gasteiger partial charge in [0.2, 0.25) is 0 Å². The van der Waals surface area contributed by atoms with Gasteiger partial charge in [0.05, 0.1) is 17.9 Å². The number of nitrogens with zero attached hydrogens (tertiary/aromatic N) is 4. The highest BCUT2D eigenvalue weighted by Crippen LogP contribution is 2.27. The number of anilines is 3. The van der Waals surface area contributed by atoms with Gasteiger partial charge >= 0.3 is 0 Å². The third-order valence-electron chi connectivity index (χ3n) is 5.35. The van der Waals surface area contributed by atoms with Crippen molar-refractivity contribution in [2.75, 3.05) is 17.7 Å². The third-order valence-corrected chi connectivity index (χ3v) is 5.35. The number of aromatic nitrogens is 4. The van der Waals surface area contributed by atoms with Crippen LogP contribution in [0.1, 0.15) is 27.1 Å². The number of pyridine rings is 1. The number of aldehydes is 1. The van der Waals surface area contributed by atoms with E-state index in [0.717, 1.165) is 23.2 Å². The van der Waals surface area contributed by atoms with Crippen LogP contribution in [0.25, 0.3) is 16.9 Å². The lowest BCUT2D eigenvalue weighted by atomic mass is 10.1. The molecule has 3 heterocycles. The smallest absolute Gasteiger partial charge is 0.257 e. The molecule has 5 rings (SSSR count). The van der Waals surface area contributed by atoms with Crippen molar-refractivity contribution in [3.05, 3.63) is 66.0 Å². The van der Waals surface area contributed by atoms with Crippen LogP contribution in [-0.4, -0.2) is 51.0 Å². The molecule has 0 spiro atoms. The van der Waals surface area contributed by atoms with Gasteiger partial charge in [-0.25, -0.2) is 9.37 Å². The molecule has 9 nitrogen and oxygen atoms in total. The zero-order chi connectivity index (χ0) is 22.9. The van der Waals surface area contributed by atoms with Gasteiger partial charge in [0.15, 0.2) is 11.9 Å². The van der Waals surface area contributed by atoms with Gasteiger partial charge in [0.1, 0.15) is 23.4 Å². The van der Waals surface area contributed by atoms with Crippen molar-refractivity contribution in [1.29, 1.82) is 0 Å². The summed E-state index contributed by atoms with van der Waals surface area (Å²) in [7, 11) is 1.74. The molecule has 0 aliphatic heterocycles. The summed E-state index contributed by atoms with van der Waals surface area (Å²) in [5.41, 5.74) is 3.47. The molecule has 1 fully saturated rings. The number of fused-ring (bicyclic) bond motifs is 1. The number of carbonyl (C=O) groups excluding carboxylic acids is 2. The molecule has 10 heteroatoms. The Balaban J connectivity index is 1.45. The zero-order valence-corrected chi connectivity index (χ0v) is 17.6. The number of hydrogen-bond acceptors (Lipinski definition) is 7. The number of hydrogen-bond donors (Lipinski definition) is 3. The average molecular weight is 445 g/mol. The van der Waals surface area contributed by atoms with Crippen LogP contribution >= 0.6 is 0 Å². The molecule has 3 N–H and O–H groups in total. The lowest BCUT2D eigenvalue weighted by Gasteiger charge is -2.11. The second kappa shape index (κ2) is 8.30. The Morgan fingerprint density at radius 1 is 1.21 bits per heavy atom. The topological polar surface area (TPSA) is 113 Å². The van der Waals surface area contributed by atoms with Crippen molar-refractivity contribution >= 4 is 35.2 Å². The molecule has 0 unspecified atom stereocenters. The number of amides is 1. The van der Waals surface area contributed by atoms with E-state index < -0.39 is 18.1 Å². The molecule has 1 aliphatic rings. The third kappa shape index (κ3) is 4.10. The summed E-state index contributed by atoms with van der Waals surface area (Å²) >= 11 is 0. The minimum Gasteiger partial charge on any atom is -0.373 e. The van der Waals surface area contributed by atoms with Crippen LogP contribution in [0.5, 0.6) is 0 Å². The maximum Gasteiger partial charge on any atom is 0.257 e. The summed E-state index contributed by atoms with van der Waals surface area (Å²) in [6, 6.07) is 12.4. The second-order valence-electron chi connectivity index (χ2n) is 7.70. The van der Waals surface area contributed by atoms with Gasteiger partial charge in [-0.2, -0.15) is 9.61 Å². The molecule has 1 saturated carbocycles. The molecular formula is C23H20FN7O2. The standard InChI is InChI=1S/C23H20FN7O2/c1-25-21-9-20(30-22-16(11-27-31(21)22)23(33)29-19-8-17(19)24)28-15-4-2-3-14(7-15)18-6-5-13(12-32)10-26-18/h2-7,9-12,17,19,25H,8H2,1H3,(H,28,30)(H,29,33)/t17-,19+/m0/s1. The van der Waals surface area contributed by atoms with Crippen molar-refractivity contribution in [1.82, 2.24) is 24.9 Å². The van der Waals surface area contributed by atoms with Crippen LogP contribution in [0.15, 0.2) is 54.9 Å². The van der Waals surface area contributed by atoms with Crippen LogP contribution in [-0.2, 0) is 0 Å². The first-order chi connectivity index (χ1) is 16.1. The Bertz CT molecular complexity index is 1350. The summed E-state index contributed by atoms with van der Waals surface area (Å²) in [6.07, 6.45) is 3.03. The molecule has 1 aliphatic carbocycles. The van der Waals surface area contributed by atoms with E-state index in [1.807, 2.05) is 24.3 Å². The first-order valence-electron chi connectivity index (χ1n) is 10.4. The highest BCUT2D eigenvalue weighted by Gasteiger charge is 2.39. The van der Waals surface area contributed by atoms with Gasteiger partial charge in [-0.1, -0.05) is 12.1 Å². The maximum atomic E-state index is 13.2. The van der Waals surface area contributed by atoms with Crippen molar-refractivity contribution in [3.8, 4) is 11.3 Å². The summed E-state index contributed by atoms with van der Waals surface area (Å²) in [4.78, 5) is 32.4. The molecule has 0 radical (unpaired) electrons. The van der Waals surface area contributed by atoms with Crippen LogP contribution in [0.4, 0.5) is 21.7 Å². The predicted octanol–water partition coefficient (Wildman–Crippen LogP) is 3.23. The number of halogens is 1. The van der Waals surface area contributed by atoms with Gasteiger partial charge < -0.3 is 16.0 Å².